The molecule has 5 nitrogen and oxygen atoms in total. The predicted octanol–water partition coefficient (Wildman–Crippen LogP) is 5.93. The number of hydrogen-bond acceptors (Lipinski definition) is 4. The van der Waals surface area contributed by atoms with Crippen molar-refractivity contribution in [3.63, 3.8) is 0 Å². The summed E-state index contributed by atoms with van der Waals surface area (Å²) in [5, 5.41) is 17.3. The van der Waals surface area contributed by atoms with Gasteiger partial charge in [-0.05, 0) is 60.5 Å². The van der Waals surface area contributed by atoms with Crippen LogP contribution in [0, 0.1) is 0 Å². The van der Waals surface area contributed by atoms with E-state index in [-0.39, 0.29) is 15.8 Å². The van der Waals surface area contributed by atoms with Gasteiger partial charge in [-0.1, -0.05) is 48.5 Å². The van der Waals surface area contributed by atoms with Gasteiger partial charge in [0.15, 0.2) is 16.7 Å². The Morgan fingerprint density at radius 1 is 1.00 bits per heavy atom. The molecule has 1 aromatic heterocycles. The zero-order valence-electron chi connectivity index (χ0n) is 15.6. The Morgan fingerprint density at radius 2 is 1.72 bits per heavy atom. The summed E-state index contributed by atoms with van der Waals surface area (Å²) in [4.78, 5) is 9.10. The van der Waals surface area contributed by atoms with Crippen molar-refractivity contribution in [3.05, 3.63) is 46.6 Å². The Bertz CT molecular complexity index is 1050. The minimum Gasteiger partial charge on any atom is -0.505 e. The van der Waals surface area contributed by atoms with Gasteiger partial charge >= 0.3 is 0 Å². The fourth-order valence-electron chi connectivity index (χ4n) is 3.57. The van der Waals surface area contributed by atoms with Crippen LogP contribution in [-0.4, -0.2) is 26.2 Å². The van der Waals surface area contributed by atoms with Crippen molar-refractivity contribution in [1.29, 1.82) is 0 Å². The number of phenolic OH excluding ortho intramolecular Hbond substituents is 1. The van der Waals surface area contributed by atoms with Gasteiger partial charge in [0.1, 0.15) is 0 Å². The number of phenols is 1. The molecule has 0 amide bonds. The van der Waals surface area contributed by atoms with E-state index in [1.54, 1.807) is 18.3 Å². The van der Waals surface area contributed by atoms with Crippen molar-refractivity contribution < 1.29 is 5.11 Å². The minimum absolute atomic E-state index is 0.122. The summed E-state index contributed by atoms with van der Waals surface area (Å²) in [6.07, 6.45) is 7.74. The smallest absolute Gasteiger partial charge is 0.172 e. The lowest BCUT2D eigenvalue weighted by Gasteiger charge is -2.24. The average molecular weight is 447 g/mol. The first kappa shape index (κ1) is 20.1. The molecule has 1 aliphatic rings. The Labute approximate surface area is 184 Å². The molecule has 150 valence electrons. The van der Waals surface area contributed by atoms with Crippen molar-refractivity contribution in [2.75, 3.05) is 5.32 Å². The number of nitrogens with zero attached hydrogens (tertiary/aromatic N) is 2. The zero-order valence-corrected chi connectivity index (χ0v) is 17.9. The number of aromatic hydroxyl groups is 1. The molecule has 3 aromatic rings. The lowest BCUT2D eigenvalue weighted by atomic mass is 9.96. The third kappa shape index (κ3) is 4.71. The Balaban J connectivity index is 1.56. The van der Waals surface area contributed by atoms with E-state index in [1.165, 1.54) is 19.3 Å². The van der Waals surface area contributed by atoms with E-state index in [4.69, 9.17) is 35.4 Å². The van der Waals surface area contributed by atoms with Gasteiger partial charge in [-0.25, -0.2) is 4.98 Å². The maximum atomic E-state index is 9.77. The van der Waals surface area contributed by atoms with Crippen LogP contribution in [0.2, 0.25) is 10.0 Å². The topological polar surface area (TPSA) is 70.1 Å². The van der Waals surface area contributed by atoms with Gasteiger partial charge in [-0.3, -0.25) is 4.98 Å². The molecule has 29 heavy (non-hydrogen) atoms. The van der Waals surface area contributed by atoms with Crippen molar-refractivity contribution >= 4 is 57.4 Å². The molecule has 4 rings (SSSR count). The maximum absolute atomic E-state index is 9.77. The molecule has 3 N–H and O–H groups in total. The second-order valence-corrected chi connectivity index (χ2v) is 8.40. The first-order valence-corrected chi connectivity index (χ1v) is 10.7. The van der Waals surface area contributed by atoms with E-state index in [9.17, 15) is 5.11 Å². The fraction of sp³-hybridized carbons (Fsp3) is 0.286. The molecule has 0 spiro atoms. The van der Waals surface area contributed by atoms with E-state index >= 15 is 0 Å². The highest BCUT2D eigenvalue weighted by molar-refractivity contribution is 7.80. The summed E-state index contributed by atoms with van der Waals surface area (Å²) < 4.78 is 0. The minimum atomic E-state index is -0.122. The zero-order chi connectivity index (χ0) is 20.4. The SMILES string of the molecule is Oc1c(Cl)cc(-c2ccc3ncc(NC(=S)NC4CCCCC4)nc3c2)cc1Cl. The van der Waals surface area contributed by atoms with E-state index in [2.05, 4.69) is 20.6 Å². The Hall–Kier alpha value is -2.15. The molecule has 8 heteroatoms. The third-order valence-electron chi connectivity index (χ3n) is 5.07. The van der Waals surface area contributed by atoms with Gasteiger partial charge in [0.2, 0.25) is 0 Å². The summed E-state index contributed by atoms with van der Waals surface area (Å²) in [5.74, 6) is 0.466. The Morgan fingerprint density at radius 3 is 2.45 bits per heavy atom. The van der Waals surface area contributed by atoms with Crippen LogP contribution in [0.1, 0.15) is 32.1 Å². The van der Waals surface area contributed by atoms with Crippen LogP contribution in [0.15, 0.2) is 36.5 Å². The van der Waals surface area contributed by atoms with Crippen LogP contribution in [0.4, 0.5) is 5.82 Å². The lowest BCUT2D eigenvalue weighted by molar-refractivity contribution is 0.415. The number of aromatic nitrogens is 2. The number of thiocarbonyl (C=S) groups is 1. The molecule has 2 aromatic carbocycles. The molecular formula is C21H20Cl2N4OS. The van der Waals surface area contributed by atoms with Crippen molar-refractivity contribution in [1.82, 2.24) is 15.3 Å². The van der Waals surface area contributed by atoms with Crippen molar-refractivity contribution in [3.8, 4) is 16.9 Å². The van der Waals surface area contributed by atoms with E-state index in [0.29, 0.717) is 22.5 Å². The number of benzene rings is 2. The molecule has 0 saturated heterocycles. The van der Waals surface area contributed by atoms with Crippen LogP contribution < -0.4 is 10.6 Å². The quantitative estimate of drug-likeness (QED) is 0.433. The average Bonchev–Trinajstić information content (AvgIpc) is 2.71. The number of hydrogen-bond donors (Lipinski definition) is 3. The lowest BCUT2D eigenvalue weighted by Crippen LogP contribution is -2.39. The van der Waals surface area contributed by atoms with Gasteiger partial charge in [-0.2, -0.15) is 0 Å². The van der Waals surface area contributed by atoms with Gasteiger partial charge in [0.25, 0.3) is 0 Å². The maximum Gasteiger partial charge on any atom is 0.172 e. The van der Waals surface area contributed by atoms with Crippen LogP contribution in [0.3, 0.4) is 0 Å². The van der Waals surface area contributed by atoms with Crippen molar-refractivity contribution in [2.45, 2.75) is 38.1 Å². The van der Waals surface area contributed by atoms with Gasteiger partial charge in [-0.15, -0.1) is 0 Å². The van der Waals surface area contributed by atoms with Crippen LogP contribution >= 0.6 is 35.4 Å². The summed E-state index contributed by atoms with van der Waals surface area (Å²) in [7, 11) is 0. The highest BCUT2D eigenvalue weighted by atomic mass is 35.5. The Kier molecular flexibility index (Phi) is 6.04. The molecule has 1 heterocycles. The summed E-state index contributed by atoms with van der Waals surface area (Å²) in [5.41, 5.74) is 3.14. The number of halogens is 2. The monoisotopic (exact) mass is 446 g/mol. The number of anilines is 1. The molecule has 0 unspecified atom stereocenters. The van der Waals surface area contributed by atoms with Gasteiger partial charge in [0, 0.05) is 6.04 Å². The van der Waals surface area contributed by atoms with Gasteiger partial charge < -0.3 is 15.7 Å². The normalized spacial score (nSPS) is 14.7. The molecule has 1 aliphatic carbocycles. The third-order valence-corrected chi connectivity index (χ3v) is 5.87. The predicted molar refractivity (Wildman–Crippen MR) is 123 cm³/mol. The summed E-state index contributed by atoms with van der Waals surface area (Å²) in [6, 6.07) is 9.47. The first-order valence-electron chi connectivity index (χ1n) is 9.52. The summed E-state index contributed by atoms with van der Waals surface area (Å²) >= 11 is 17.6. The van der Waals surface area contributed by atoms with E-state index < -0.39 is 0 Å². The number of nitrogens with one attached hydrogen (secondary N) is 2. The fourth-order valence-corrected chi connectivity index (χ4v) is 4.33. The van der Waals surface area contributed by atoms with Crippen LogP contribution in [0.25, 0.3) is 22.2 Å². The number of rotatable bonds is 3. The highest BCUT2D eigenvalue weighted by Crippen LogP contribution is 2.36. The largest absolute Gasteiger partial charge is 0.505 e. The van der Waals surface area contributed by atoms with E-state index in [0.717, 1.165) is 29.5 Å². The van der Waals surface area contributed by atoms with Crippen LogP contribution in [0.5, 0.6) is 5.75 Å². The van der Waals surface area contributed by atoms with Crippen molar-refractivity contribution in [2.24, 2.45) is 0 Å². The second kappa shape index (κ2) is 8.69. The second-order valence-electron chi connectivity index (χ2n) is 7.18. The molecular weight excluding hydrogens is 427 g/mol. The van der Waals surface area contributed by atoms with Crippen LogP contribution in [-0.2, 0) is 0 Å². The molecule has 0 atom stereocenters. The number of fused-ring (bicyclic) bond motifs is 1. The molecule has 1 saturated carbocycles. The van der Waals surface area contributed by atoms with E-state index in [1.807, 2.05) is 18.2 Å². The highest BCUT2D eigenvalue weighted by Gasteiger charge is 2.14. The first-order chi connectivity index (χ1) is 14.0. The molecule has 0 bridgehead atoms. The summed E-state index contributed by atoms with van der Waals surface area (Å²) in [6.45, 7) is 0. The standard InChI is InChI=1S/C21H20Cl2N4OS/c22-15-8-13(9-16(23)20(15)28)12-6-7-17-18(10-12)26-19(11-24-17)27-21(29)25-14-4-2-1-3-5-14/h6-11,14,28H,1-5H2,(H2,25,26,27,29). The molecule has 1 fully saturated rings. The molecule has 0 aliphatic heterocycles. The van der Waals surface area contributed by atoms with Gasteiger partial charge in [0.05, 0.1) is 27.3 Å². The molecule has 0 radical (unpaired) electrons.